The molecular formula is C11H12F3NOS. The zero-order chi connectivity index (χ0) is 12.5. The fourth-order valence-electron chi connectivity index (χ4n) is 1.87. The van der Waals surface area contributed by atoms with Crippen LogP contribution in [0.25, 0.3) is 0 Å². The zero-order valence-corrected chi connectivity index (χ0v) is 9.88. The average Bonchev–Trinajstić information content (AvgIpc) is 2.68. The van der Waals surface area contributed by atoms with Crippen LogP contribution in [0.5, 0.6) is 0 Å². The molecule has 1 aromatic rings. The van der Waals surface area contributed by atoms with Gasteiger partial charge in [-0.1, -0.05) is 0 Å². The molecule has 0 saturated carbocycles. The zero-order valence-electron chi connectivity index (χ0n) is 9.06. The summed E-state index contributed by atoms with van der Waals surface area (Å²) in [5.41, 5.74) is 1.12. The van der Waals surface area contributed by atoms with E-state index < -0.39 is 18.6 Å². The Labute approximate surface area is 101 Å². The van der Waals surface area contributed by atoms with Gasteiger partial charge in [0.1, 0.15) is 6.54 Å². The average molecular weight is 263 g/mol. The van der Waals surface area contributed by atoms with Gasteiger partial charge in [-0.25, -0.2) is 0 Å². The highest BCUT2D eigenvalue weighted by Crippen LogP contribution is 2.29. The van der Waals surface area contributed by atoms with E-state index in [1.807, 2.05) is 5.32 Å². The molecule has 2 nitrogen and oxygen atoms in total. The van der Waals surface area contributed by atoms with E-state index in [9.17, 15) is 18.0 Å². The molecule has 2 rings (SSSR count). The van der Waals surface area contributed by atoms with E-state index in [1.54, 1.807) is 6.07 Å². The standard InChI is InChI=1S/C11H12F3NOS/c12-11(13,14)6-15-10(16)9-5-7-3-1-2-4-8(7)17-9/h5H,1-4,6H2,(H,15,16). The molecule has 1 aliphatic carbocycles. The Balaban J connectivity index is 2.02. The third-order valence-corrected chi connectivity index (χ3v) is 3.91. The van der Waals surface area contributed by atoms with Gasteiger partial charge in [0.25, 0.3) is 5.91 Å². The molecule has 0 fully saturated rings. The van der Waals surface area contributed by atoms with Crippen LogP contribution in [0.1, 0.15) is 33.0 Å². The van der Waals surface area contributed by atoms with Crippen molar-refractivity contribution in [2.24, 2.45) is 0 Å². The van der Waals surface area contributed by atoms with E-state index in [0.29, 0.717) is 4.88 Å². The SMILES string of the molecule is O=C(NCC(F)(F)F)c1cc2c(s1)CCCC2. The summed E-state index contributed by atoms with van der Waals surface area (Å²) in [5.74, 6) is -0.623. The van der Waals surface area contributed by atoms with Crippen LogP contribution in [0.15, 0.2) is 6.07 Å². The van der Waals surface area contributed by atoms with Gasteiger partial charge in [0.15, 0.2) is 0 Å². The maximum atomic E-state index is 11.9. The van der Waals surface area contributed by atoms with E-state index >= 15 is 0 Å². The molecule has 1 N–H and O–H groups in total. The summed E-state index contributed by atoms with van der Waals surface area (Å²) in [7, 11) is 0. The number of alkyl halides is 3. The number of aryl methyl sites for hydroxylation is 2. The second-order valence-corrected chi connectivity index (χ2v) is 5.20. The number of hydrogen-bond donors (Lipinski definition) is 1. The lowest BCUT2D eigenvalue weighted by atomic mass is 9.99. The Kier molecular flexibility index (Phi) is 3.42. The summed E-state index contributed by atoms with van der Waals surface area (Å²) < 4.78 is 35.8. The molecule has 0 bridgehead atoms. The fourth-order valence-corrected chi connectivity index (χ4v) is 3.04. The van der Waals surface area contributed by atoms with Crippen molar-refractivity contribution >= 4 is 17.2 Å². The number of thiophene rings is 1. The van der Waals surface area contributed by atoms with Crippen LogP contribution < -0.4 is 5.32 Å². The Hall–Kier alpha value is -1.04. The Morgan fingerprint density at radius 1 is 1.35 bits per heavy atom. The second kappa shape index (κ2) is 4.68. The molecule has 17 heavy (non-hydrogen) atoms. The van der Waals surface area contributed by atoms with Crippen LogP contribution in [0.2, 0.25) is 0 Å². The van der Waals surface area contributed by atoms with E-state index in [-0.39, 0.29) is 0 Å². The lowest BCUT2D eigenvalue weighted by molar-refractivity contribution is -0.123. The van der Waals surface area contributed by atoms with Crippen LogP contribution in [-0.2, 0) is 12.8 Å². The van der Waals surface area contributed by atoms with Crippen LogP contribution in [0.4, 0.5) is 13.2 Å². The monoisotopic (exact) mass is 263 g/mol. The molecule has 0 unspecified atom stereocenters. The molecule has 94 valence electrons. The Bertz CT molecular complexity index is 401. The van der Waals surface area contributed by atoms with E-state index in [2.05, 4.69) is 0 Å². The minimum atomic E-state index is -4.35. The number of nitrogens with one attached hydrogen (secondary N) is 1. The number of carbonyl (C=O) groups is 1. The highest BCUT2D eigenvalue weighted by Gasteiger charge is 2.28. The Morgan fingerprint density at radius 2 is 2.06 bits per heavy atom. The second-order valence-electron chi connectivity index (χ2n) is 4.06. The first kappa shape index (κ1) is 12.4. The highest BCUT2D eigenvalue weighted by atomic mass is 32.1. The van der Waals surface area contributed by atoms with Gasteiger partial charge in [-0.3, -0.25) is 4.79 Å². The summed E-state index contributed by atoms with van der Waals surface area (Å²) in [6.07, 6.45) is -0.304. The molecule has 0 radical (unpaired) electrons. The lowest BCUT2D eigenvalue weighted by Crippen LogP contribution is -2.33. The van der Waals surface area contributed by atoms with E-state index in [0.717, 1.165) is 36.1 Å². The van der Waals surface area contributed by atoms with Gasteiger partial charge < -0.3 is 5.32 Å². The normalized spacial score (nSPS) is 15.5. The van der Waals surface area contributed by atoms with E-state index in [1.165, 1.54) is 11.3 Å². The van der Waals surface area contributed by atoms with Crippen molar-refractivity contribution in [3.8, 4) is 0 Å². The van der Waals surface area contributed by atoms with Crippen molar-refractivity contribution in [3.63, 3.8) is 0 Å². The largest absolute Gasteiger partial charge is 0.405 e. The third-order valence-electron chi connectivity index (χ3n) is 2.67. The predicted molar refractivity (Wildman–Crippen MR) is 59.3 cm³/mol. The number of fused-ring (bicyclic) bond motifs is 1. The predicted octanol–water partition coefficient (Wildman–Crippen LogP) is 2.92. The maximum Gasteiger partial charge on any atom is 0.405 e. The molecule has 0 spiro atoms. The van der Waals surface area contributed by atoms with Gasteiger partial charge in [0, 0.05) is 4.88 Å². The van der Waals surface area contributed by atoms with Crippen molar-refractivity contribution in [2.75, 3.05) is 6.54 Å². The molecule has 1 aliphatic rings. The van der Waals surface area contributed by atoms with Crippen LogP contribution in [0.3, 0.4) is 0 Å². The first-order chi connectivity index (χ1) is 7.96. The van der Waals surface area contributed by atoms with Crippen molar-refractivity contribution in [3.05, 3.63) is 21.4 Å². The van der Waals surface area contributed by atoms with Crippen molar-refractivity contribution in [1.29, 1.82) is 0 Å². The molecule has 6 heteroatoms. The van der Waals surface area contributed by atoms with Gasteiger partial charge in [0.05, 0.1) is 4.88 Å². The topological polar surface area (TPSA) is 29.1 Å². The lowest BCUT2D eigenvalue weighted by Gasteiger charge is -2.08. The maximum absolute atomic E-state index is 11.9. The highest BCUT2D eigenvalue weighted by molar-refractivity contribution is 7.14. The molecule has 0 aliphatic heterocycles. The number of carbonyl (C=O) groups excluding carboxylic acids is 1. The molecule has 1 aromatic heterocycles. The number of halogens is 3. The number of rotatable bonds is 2. The van der Waals surface area contributed by atoms with Gasteiger partial charge in [-0.05, 0) is 37.3 Å². The third kappa shape index (κ3) is 3.21. The summed E-state index contributed by atoms with van der Waals surface area (Å²) in [5, 5.41) is 1.89. The van der Waals surface area contributed by atoms with E-state index in [4.69, 9.17) is 0 Å². The van der Waals surface area contributed by atoms with Crippen molar-refractivity contribution in [1.82, 2.24) is 5.32 Å². The van der Waals surface area contributed by atoms with Crippen LogP contribution >= 0.6 is 11.3 Å². The first-order valence-corrected chi connectivity index (χ1v) is 6.24. The fraction of sp³-hybridized carbons (Fsp3) is 0.545. The molecule has 1 amide bonds. The van der Waals surface area contributed by atoms with Gasteiger partial charge in [0.2, 0.25) is 0 Å². The van der Waals surface area contributed by atoms with Crippen LogP contribution in [-0.4, -0.2) is 18.6 Å². The van der Waals surface area contributed by atoms with Crippen molar-refractivity contribution < 1.29 is 18.0 Å². The van der Waals surface area contributed by atoms with Gasteiger partial charge >= 0.3 is 6.18 Å². The smallest absolute Gasteiger partial charge is 0.342 e. The Morgan fingerprint density at radius 3 is 2.71 bits per heavy atom. The van der Waals surface area contributed by atoms with Crippen LogP contribution in [0, 0.1) is 0 Å². The molecular weight excluding hydrogens is 251 g/mol. The number of amides is 1. The molecule has 1 heterocycles. The van der Waals surface area contributed by atoms with Gasteiger partial charge in [-0.2, -0.15) is 13.2 Å². The molecule has 0 atom stereocenters. The quantitative estimate of drug-likeness (QED) is 0.873. The summed E-state index contributed by atoms with van der Waals surface area (Å²) in [4.78, 5) is 13.0. The van der Waals surface area contributed by atoms with Gasteiger partial charge in [-0.15, -0.1) is 11.3 Å². The van der Waals surface area contributed by atoms with Crippen molar-refractivity contribution in [2.45, 2.75) is 31.9 Å². The summed E-state index contributed by atoms with van der Waals surface area (Å²) in [6, 6.07) is 1.73. The molecule has 0 saturated heterocycles. The first-order valence-electron chi connectivity index (χ1n) is 5.42. The molecule has 0 aromatic carbocycles. The minimum absolute atomic E-state index is 0.390. The summed E-state index contributed by atoms with van der Waals surface area (Å²) in [6.45, 7) is -1.27. The summed E-state index contributed by atoms with van der Waals surface area (Å²) >= 11 is 1.31. The number of hydrogen-bond acceptors (Lipinski definition) is 2. The minimum Gasteiger partial charge on any atom is -0.342 e.